The van der Waals surface area contributed by atoms with Crippen LogP contribution in [0.4, 0.5) is 5.69 Å². The standard InChI is InChI=1S/C18H16N4O3/c1-20-9-5-4-6-16(20)19-22(3)14-7-8-15(23)13-10-12(18(24)25)11-21(2)17(13)14/h4-11H,3H2,1-2H3/p+1. The van der Waals surface area contributed by atoms with E-state index in [1.165, 1.54) is 23.0 Å². The molecule has 1 aliphatic carbocycles. The van der Waals surface area contributed by atoms with Gasteiger partial charge in [0.05, 0.1) is 11.1 Å². The third-order valence-electron chi connectivity index (χ3n) is 3.92. The summed E-state index contributed by atoms with van der Waals surface area (Å²) in [5.74, 6) is -1.09. The molecule has 126 valence electrons. The fourth-order valence-electron chi connectivity index (χ4n) is 2.68. The van der Waals surface area contributed by atoms with Crippen LogP contribution in [-0.2, 0) is 14.1 Å². The van der Waals surface area contributed by atoms with Crippen molar-refractivity contribution in [2.45, 2.75) is 0 Å². The Morgan fingerprint density at radius 2 is 1.96 bits per heavy atom. The molecule has 1 aromatic rings. The number of carboxylic acids is 1. The first-order valence-corrected chi connectivity index (χ1v) is 7.52. The van der Waals surface area contributed by atoms with E-state index in [9.17, 15) is 14.7 Å². The highest BCUT2D eigenvalue weighted by molar-refractivity contribution is 5.90. The Kier molecular flexibility index (Phi) is 4.06. The lowest BCUT2D eigenvalue weighted by atomic mass is 10.0. The molecule has 7 nitrogen and oxygen atoms in total. The Morgan fingerprint density at radius 3 is 2.64 bits per heavy atom. The summed E-state index contributed by atoms with van der Waals surface area (Å²) in [6, 6.07) is 9.99. The van der Waals surface area contributed by atoms with Crippen molar-refractivity contribution in [2.75, 3.05) is 0 Å². The molecule has 0 spiro atoms. The first kappa shape index (κ1) is 16.4. The molecule has 1 N–H and O–H groups in total. The molecule has 2 heterocycles. The van der Waals surface area contributed by atoms with Gasteiger partial charge in [0.2, 0.25) is 5.49 Å². The summed E-state index contributed by atoms with van der Waals surface area (Å²) in [5, 5.41) is 13.7. The Hall–Kier alpha value is -3.48. The van der Waals surface area contributed by atoms with Gasteiger partial charge in [-0.3, -0.25) is 4.79 Å². The van der Waals surface area contributed by atoms with Crippen LogP contribution in [0, 0.1) is 0 Å². The maximum Gasteiger partial charge on any atom is 0.337 e. The van der Waals surface area contributed by atoms with Crippen molar-refractivity contribution in [2.24, 2.45) is 19.2 Å². The normalized spacial score (nSPS) is 11.7. The molecule has 0 saturated heterocycles. The van der Waals surface area contributed by atoms with E-state index in [0.29, 0.717) is 22.4 Å². The number of pyridine rings is 2. The Bertz CT molecular complexity index is 1090. The van der Waals surface area contributed by atoms with Gasteiger partial charge in [0.1, 0.15) is 5.69 Å². The highest BCUT2D eigenvalue weighted by atomic mass is 16.4. The van der Waals surface area contributed by atoms with Crippen LogP contribution in [0.1, 0.15) is 10.4 Å². The molecule has 0 atom stereocenters. The predicted molar refractivity (Wildman–Crippen MR) is 93.3 cm³/mol. The Morgan fingerprint density at radius 1 is 1.20 bits per heavy atom. The van der Waals surface area contributed by atoms with E-state index in [2.05, 4.69) is 11.8 Å². The summed E-state index contributed by atoms with van der Waals surface area (Å²) in [6.07, 6.45) is 3.33. The number of nitrogens with zero attached hydrogens (tertiary/aromatic N) is 4. The third-order valence-corrected chi connectivity index (χ3v) is 3.92. The van der Waals surface area contributed by atoms with E-state index in [4.69, 9.17) is 0 Å². The van der Waals surface area contributed by atoms with Crippen molar-refractivity contribution < 1.29 is 14.6 Å². The molecule has 0 bridgehead atoms. The van der Waals surface area contributed by atoms with Crippen LogP contribution in [0.5, 0.6) is 0 Å². The minimum absolute atomic E-state index is 0.0475. The molecule has 25 heavy (non-hydrogen) atoms. The van der Waals surface area contributed by atoms with Gasteiger partial charge in [0.25, 0.3) is 5.69 Å². The number of benzene rings is 1. The van der Waals surface area contributed by atoms with Gasteiger partial charge in [-0.15, -0.1) is 0 Å². The molecule has 1 aliphatic heterocycles. The molecular formula is C18H17N4O3+. The first-order chi connectivity index (χ1) is 11.9. The molecular weight excluding hydrogens is 320 g/mol. The van der Waals surface area contributed by atoms with Gasteiger partial charge >= 0.3 is 5.97 Å². The van der Waals surface area contributed by atoms with Crippen LogP contribution in [0.15, 0.2) is 58.7 Å². The molecule has 1 aromatic heterocycles. The van der Waals surface area contributed by atoms with Crippen molar-refractivity contribution in [1.82, 2.24) is 9.13 Å². The van der Waals surface area contributed by atoms with E-state index < -0.39 is 5.97 Å². The fraction of sp³-hybridized carbons (Fsp3) is 0.111. The molecule has 7 heteroatoms. The van der Waals surface area contributed by atoms with Gasteiger partial charge in [-0.25, -0.2) is 4.79 Å². The van der Waals surface area contributed by atoms with Gasteiger partial charge in [-0.1, -0.05) is 10.8 Å². The fourth-order valence-corrected chi connectivity index (χ4v) is 2.68. The van der Waals surface area contributed by atoms with Crippen molar-refractivity contribution >= 4 is 18.4 Å². The summed E-state index contributed by atoms with van der Waals surface area (Å²) >= 11 is 0. The number of carbonyl (C=O) groups is 1. The van der Waals surface area contributed by atoms with Crippen LogP contribution in [-0.4, -0.2) is 31.6 Å². The largest absolute Gasteiger partial charge is 0.478 e. The number of fused-ring (bicyclic) bond motifs is 1. The minimum Gasteiger partial charge on any atom is -0.478 e. The van der Waals surface area contributed by atoms with Gasteiger partial charge in [-0.05, 0) is 24.3 Å². The predicted octanol–water partition coefficient (Wildman–Crippen LogP) is 1.39. The molecule has 0 radical (unpaired) electrons. The molecule has 0 amide bonds. The van der Waals surface area contributed by atoms with E-state index in [1.807, 2.05) is 36.0 Å². The first-order valence-electron chi connectivity index (χ1n) is 7.52. The van der Waals surface area contributed by atoms with E-state index in [-0.39, 0.29) is 11.0 Å². The molecule has 0 aromatic carbocycles. The number of aromatic carboxylic acids is 1. The molecule has 0 unspecified atom stereocenters. The number of aryl methyl sites for hydroxylation is 2. The second-order valence-corrected chi connectivity index (χ2v) is 5.66. The molecule has 0 fully saturated rings. The van der Waals surface area contributed by atoms with E-state index in [1.54, 1.807) is 17.7 Å². The smallest absolute Gasteiger partial charge is 0.337 e. The maximum absolute atomic E-state index is 12.2. The summed E-state index contributed by atoms with van der Waals surface area (Å²) in [6.45, 7) is 3.94. The average molecular weight is 337 g/mol. The van der Waals surface area contributed by atoms with Crippen molar-refractivity contribution in [3.05, 3.63) is 70.1 Å². The highest BCUT2D eigenvalue weighted by Crippen LogP contribution is 2.29. The summed E-state index contributed by atoms with van der Waals surface area (Å²) in [7, 11) is 3.55. The topological polar surface area (TPSA) is 79.6 Å². The second kappa shape index (κ2) is 6.20. The maximum atomic E-state index is 12.2. The summed E-state index contributed by atoms with van der Waals surface area (Å²) < 4.78 is 4.87. The highest BCUT2D eigenvalue weighted by Gasteiger charge is 2.23. The minimum atomic E-state index is -1.09. The third kappa shape index (κ3) is 2.99. The monoisotopic (exact) mass is 337 g/mol. The van der Waals surface area contributed by atoms with Crippen LogP contribution in [0.2, 0.25) is 0 Å². The second-order valence-electron chi connectivity index (χ2n) is 5.66. The summed E-state index contributed by atoms with van der Waals surface area (Å²) in [4.78, 5) is 23.5. The van der Waals surface area contributed by atoms with Crippen LogP contribution < -0.4 is 10.9 Å². The van der Waals surface area contributed by atoms with Crippen molar-refractivity contribution in [3.63, 3.8) is 0 Å². The molecule has 0 saturated carbocycles. The van der Waals surface area contributed by atoms with Gasteiger partial charge in [-0.2, -0.15) is 0 Å². The van der Waals surface area contributed by atoms with Crippen LogP contribution >= 0.6 is 0 Å². The number of carboxylic acid groups (broad SMARTS) is 1. The SMILES string of the molecule is C=[N+](N=c1ccccn1C)c1ccc(=O)c2cc(C(=O)O)cn(C)c1-2. The zero-order valence-electron chi connectivity index (χ0n) is 13.9. The Labute approximate surface area is 143 Å². The summed E-state index contributed by atoms with van der Waals surface area (Å²) in [5.41, 5.74) is 1.94. The lowest BCUT2D eigenvalue weighted by molar-refractivity contribution is -0.441. The van der Waals surface area contributed by atoms with Crippen molar-refractivity contribution in [1.29, 1.82) is 0 Å². The molecule has 3 rings (SSSR count). The van der Waals surface area contributed by atoms with E-state index in [0.717, 1.165) is 0 Å². The quantitative estimate of drug-likeness (QED) is 0.445. The lowest BCUT2D eigenvalue weighted by Crippen LogP contribution is -2.20. The Balaban J connectivity index is 2.25. The number of hydrogen-bond donors (Lipinski definition) is 1. The zero-order chi connectivity index (χ0) is 18.1. The van der Waals surface area contributed by atoms with E-state index >= 15 is 0 Å². The number of hydrogen-bond acceptors (Lipinski definition) is 3. The number of rotatable bonds is 3. The van der Waals surface area contributed by atoms with Gasteiger partial charge < -0.3 is 14.2 Å². The molecule has 2 aliphatic rings. The number of aromatic nitrogens is 2. The average Bonchev–Trinajstić information content (AvgIpc) is 2.57. The van der Waals surface area contributed by atoms with Crippen LogP contribution in [0.3, 0.4) is 0 Å². The van der Waals surface area contributed by atoms with Gasteiger partial charge in [0.15, 0.2) is 12.1 Å². The van der Waals surface area contributed by atoms with Crippen molar-refractivity contribution in [3.8, 4) is 11.3 Å². The van der Waals surface area contributed by atoms with Gasteiger partial charge in [0, 0.05) is 37.7 Å². The lowest BCUT2D eigenvalue weighted by Gasteiger charge is -2.12. The van der Waals surface area contributed by atoms with Crippen LogP contribution in [0.25, 0.3) is 11.3 Å². The zero-order valence-corrected chi connectivity index (χ0v) is 13.9.